The summed E-state index contributed by atoms with van der Waals surface area (Å²) < 4.78 is 34.2. The Labute approximate surface area is 248 Å². The molecule has 0 saturated heterocycles. The van der Waals surface area contributed by atoms with Gasteiger partial charge >= 0.3 is 0 Å². The number of rotatable bonds is 13. The van der Waals surface area contributed by atoms with Crippen LogP contribution in [0.3, 0.4) is 0 Å². The molecule has 8 nitrogen and oxygen atoms in total. The molecule has 1 N–H and O–H groups in total. The van der Waals surface area contributed by atoms with E-state index in [0.717, 1.165) is 16.3 Å². The zero-order valence-electron chi connectivity index (χ0n) is 24.1. The van der Waals surface area contributed by atoms with E-state index in [1.54, 1.807) is 60.7 Å². The third-order valence-electron chi connectivity index (χ3n) is 6.93. The largest absolute Gasteiger partial charge is 0.497 e. The van der Waals surface area contributed by atoms with Gasteiger partial charge in [0, 0.05) is 17.6 Å². The van der Waals surface area contributed by atoms with Crippen molar-refractivity contribution in [2.24, 2.45) is 0 Å². The quantitative estimate of drug-likeness (QED) is 0.277. The lowest BCUT2D eigenvalue weighted by Crippen LogP contribution is -2.53. The number of ether oxygens (including phenoxy) is 1. The van der Waals surface area contributed by atoms with E-state index >= 15 is 0 Å². The van der Waals surface area contributed by atoms with Crippen molar-refractivity contribution in [2.45, 2.75) is 64.1 Å². The van der Waals surface area contributed by atoms with Crippen LogP contribution in [0.25, 0.3) is 0 Å². The molecule has 2 atom stereocenters. The first-order chi connectivity index (χ1) is 19.5. The van der Waals surface area contributed by atoms with Gasteiger partial charge in [0.1, 0.15) is 18.3 Å². The number of nitrogens with one attached hydrogen (secondary N) is 1. The molecule has 0 aliphatic carbocycles. The highest BCUT2D eigenvalue weighted by Gasteiger charge is 2.34. The van der Waals surface area contributed by atoms with Crippen molar-refractivity contribution in [1.29, 1.82) is 0 Å². The Morgan fingerprint density at radius 1 is 0.951 bits per heavy atom. The van der Waals surface area contributed by atoms with Gasteiger partial charge in [-0.05, 0) is 74.7 Å². The summed E-state index contributed by atoms with van der Waals surface area (Å²) in [4.78, 5) is 28.9. The number of anilines is 1. The van der Waals surface area contributed by atoms with E-state index in [2.05, 4.69) is 5.32 Å². The summed E-state index contributed by atoms with van der Waals surface area (Å²) in [5.74, 6) is -0.332. The molecule has 0 heterocycles. The van der Waals surface area contributed by atoms with Crippen molar-refractivity contribution in [2.75, 3.05) is 18.0 Å². The van der Waals surface area contributed by atoms with E-state index in [1.807, 2.05) is 27.7 Å². The number of sulfonamides is 1. The number of nitrogens with zero attached hydrogens (tertiary/aromatic N) is 2. The molecule has 2 amide bonds. The monoisotopic (exact) mass is 599 g/mol. The van der Waals surface area contributed by atoms with Crippen LogP contribution in [-0.2, 0) is 26.2 Å². The lowest BCUT2D eigenvalue weighted by Gasteiger charge is -2.34. The molecule has 0 fully saturated rings. The Hall–Kier alpha value is -3.56. The van der Waals surface area contributed by atoms with E-state index < -0.39 is 28.5 Å². The molecule has 0 spiro atoms. The highest BCUT2D eigenvalue weighted by molar-refractivity contribution is 7.92. The van der Waals surface area contributed by atoms with Gasteiger partial charge in [-0.25, -0.2) is 8.42 Å². The first-order valence-corrected chi connectivity index (χ1v) is 15.4. The zero-order valence-corrected chi connectivity index (χ0v) is 25.7. The Balaban J connectivity index is 2.06. The summed E-state index contributed by atoms with van der Waals surface area (Å²) in [5.41, 5.74) is 1.92. The topological polar surface area (TPSA) is 96.0 Å². The van der Waals surface area contributed by atoms with Gasteiger partial charge in [-0.2, -0.15) is 0 Å². The van der Waals surface area contributed by atoms with E-state index in [0.29, 0.717) is 28.4 Å². The number of methoxy groups -OCH3 is 1. The second-order valence-corrected chi connectivity index (χ2v) is 12.1. The summed E-state index contributed by atoms with van der Waals surface area (Å²) in [6.07, 6.45) is 1.05. The normalized spacial score (nSPS) is 12.7. The SMILES string of the molecule is CC[C@@H](C)NC(=O)[C@H](CC)N(Cc1ccccc1Cl)C(=O)CN(c1ccc(C)cc1)S(=O)(=O)c1ccc(OC)cc1. The summed E-state index contributed by atoms with van der Waals surface area (Å²) >= 11 is 6.45. The van der Waals surface area contributed by atoms with Gasteiger partial charge in [-0.3, -0.25) is 13.9 Å². The van der Waals surface area contributed by atoms with Crippen molar-refractivity contribution >= 4 is 39.1 Å². The van der Waals surface area contributed by atoms with Crippen molar-refractivity contribution in [3.63, 3.8) is 0 Å². The highest BCUT2D eigenvalue weighted by atomic mass is 35.5. The molecule has 3 aromatic rings. The van der Waals surface area contributed by atoms with Gasteiger partial charge in [0.2, 0.25) is 11.8 Å². The van der Waals surface area contributed by atoms with Gasteiger partial charge < -0.3 is 15.0 Å². The number of aryl methyl sites for hydroxylation is 1. The third-order valence-corrected chi connectivity index (χ3v) is 9.09. The Morgan fingerprint density at radius 3 is 2.15 bits per heavy atom. The fourth-order valence-corrected chi connectivity index (χ4v) is 5.90. The average Bonchev–Trinajstić information content (AvgIpc) is 2.97. The first kappa shape index (κ1) is 32.0. The maximum Gasteiger partial charge on any atom is 0.264 e. The van der Waals surface area contributed by atoms with Crippen LogP contribution in [0, 0.1) is 6.92 Å². The maximum atomic E-state index is 14.1. The summed E-state index contributed by atoms with van der Waals surface area (Å²) in [6, 6.07) is 19.0. The number of benzene rings is 3. The first-order valence-electron chi connectivity index (χ1n) is 13.6. The summed E-state index contributed by atoms with van der Waals surface area (Å²) in [5, 5.41) is 3.41. The smallest absolute Gasteiger partial charge is 0.264 e. The second-order valence-electron chi connectivity index (χ2n) is 9.88. The van der Waals surface area contributed by atoms with Crippen LogP contribution >= 0.6 is 11.6 Å². The minimum atomic E-state index is -4.17. The van der Waals surface area contributed by atoms with Gasteiger partial charge in [-0.1, -0.05) is 61.3 Å². The third kappa shape index (κ3) is 8.01. The van der Waals surface area contributed by atoms with Crippen LogP contribution < -0.4 is 14.4 Å². The lowest BCUT2D eigenvalue weighted by molar-refractivity contribution is -0.140. The van der Waals surface area contributed by atoms with E-state index in [-0.39, 0.29) is 23.4 Å². The molecule has 3 aromatic carbocycles. The molecular formula is C31H38ClN3O5S. The van der Waals surface area contributed by atoms with Crippen LogP contribution in [0.2, 0.25) is 5.02 Å². The molecule has 0 aromatic heterocycles. The number of amides is 2. The molecule has 3 rings (SSSR count). The molecule has 41 heavy (non-hydrogen) atoms. The van der Waals surface area contributed by atoms with Crippen LogP contribution in [-0.4, -0.2) is 50.9 Å². The van der Waals surface area contributed by atoms with Crippen molar-refractivity contribution in [3.05, 3.63) is 88.9 Å². The molecule has 0 radical (unpaired) electrons. The van der Waals surface area contributed by atoms with E-state index in [4.69, 9.17) is 16.3 Å². The highest BCUT2D eigenvalue weighted by Crippen LogP contribution is 2.27. The van der Waals surface area contributed by atoms with E-state index in [9.17, 15) is 18.0 Å². The molecule has 0 unspecified atom stereocenters. The molecule has 0 bridgehead atoms. The summed E-state index contributed by atoms with van der Waals surface area (Å²) in [6.45, 7) is 7.08. The fraction of sp³-hybridized carbons (Fsp3) is 0.355. The minimum absolute atomic E-state index is 0.00545. The predicted molar refractivity (Wildman–Crippen MR) is 163 cm³/mol. The minimum Gasteiger partial charge on any atom is -0.497 e. The molecule has 10 heteroatoms. The van der Waals surface area contributed by atoms with E-state index in [1.165, 1.54) is 24.1 Å². The Bertz CT molecular complexity index is 1430. The predicted octanol–water partition coefficient (Wildman–Crippen LogP) is 5.57. The van der Waals surface area contributed by atoms with Crippen LogP contribution in [0.4, 0.5) is 5.69 Å². The maximum absolute atomic E-state index is 14.1. The van der Waals surface area contributed by atoms with Crippen molar-refractivity contribution in [1.82, 2.24) is 10.2 Å². The summed E-state index contributed by atoms with van der Waals surface area (Å²) in [7, 11) is -2.68. The van der Waals surface area contributed by atoms with Gasteiger partial charge in [0.25, 0.3) is 10.0 Å². The standard InChI is InChI=1S/C31H38ClN3O5S/c1-6-23(4)33-31(37)29(7-2)34(20-24-10-8-9-11-28(24)32)30(36)21-35(25-14-12-22(3)13-15-25)41(38,39)27-18-16-26(40-5)17-19-27/h8-19,23,29H,6-7,20-21H2,1-5H3,(H,33,37)/t23-,29+/m1/s1. The number of hydrogen-bond acceptors (Lipinski definition) is 5. The second kappa shape index (κ2) is 14.4. The average molecular weight is 600 g/mol. The van der Waals surface area contributed by atoms with Gasteiger partial charge in [-0.15, -0.1) is 0 Å². The van der Waals surface area contributed by atoms with Crippen LogP contribution in [0.1, 0.15) is 44.7 Å². The van der Waals surface area contributed by atoms with Crippen molar-refractivity contribution < 1.29 is 22.7 Å². The zero-order chi connectivity index (χ0) is 30.2. The molecule has 0 saturated carbocycles. The lowest BCUT2D eigenvalue weighted by atomic mass is 10.1. The number of carbonyl (C=O) groups is 2. The molecule has 220 valence electrons. The fourth-order valence-electron chi connectivity index (χ4n) is 4.29. The Kier molecular flexibility index (Phi) is 11.2. The van der Waals surface area contributed by atoms with Crippen LogP contribution in [0.5, 0.6) is 5.75 Å². The van der Waals surface area contributed by atoms with Gasteiger partial charge in [0.05, 0.1) is 17.7 Å². The number of carbonyl (C=O) groups excluding carboxylic acids is 2. The van der Waals surface area contributed by atoms with Crippen LogP contribution in [0.15, 0.2) is 77.7 Å². The number of halogens is 1. The molecular weight excluding hydrogens is 562 g/mol. The van der Waals surface area contributed by atoms with Gasteiger partial charge in [0.15, 0.2) is 0 Å². The molecule has 0 aliphatic rings. The van der Waals surface area contributed by atoms with Crippen molar-refractivity contribution in [3.8, 4) is 5.75 Å². The Morgan fingerprint density at radius 2 is 1.59 bits per heavy atom. The number of hydrogen-bond donors (Lipinski definition) is 1. The molecule has 0 aliphatic heterocycles.